The van der Waals surface area contributed by atoms with E-state index in [4.69, 9.17) is 26.2 Å². The van der Waals surface area contributed by atoms with Gasteiger partial charge in [0.25, 0.3) is 0 Å². The molecule has 0 unspecified atom stereocenters. The van der Waals surface area contributed by atoms with Crippen molar-refractivity contribution in [2.45, 2.75) is 6.92 Å². The van der Waals surface area contributed by atoms with Crippen molar-refractivity contribution in [3.8, 4) is 17.6 Å². The molecule has 0 spiro atoms. The molecule has 0 saturated heterocycles. The van der Waals surface area contributed by atoms with Gasteiger partial charge in [0.1, 0.15) is 0 Å². The summed E-state index contributed by atoms with van der Waals surface area (Å²) in [5, 5.41) is 18.9. The van der Waals surface area contributed by atoms with Gasteiger partial charge in [-0.1, -0.05) is 23.7 Å². The first-order valence-corrected chi connectivity index (χ1v) is 8.80. The molecule has 2 aromatic carbocycles. The molecular formula is C19H15BrClNO4. The minimum atomic E-state index is -1.09. The molecule has 0 saturated carbocycles. The van der Waals surface area contributed by atoms with Crippen LogP contribution in [0.5, 0.6) is 11.5 Å². The van der Waals surface area contributed by atoms with Crippen molar-refractivity contribution in [1.82, 2.24) is 0 Å². The molecule has 0 aliphatic heterocycles. The maximum Gasteiger partial charge on any atom is 0.341 e. The molecule has 1 N–H and O–H groups in total. The number of carboxylic acid groups (broad SMARTS) is 1. The van der Waals surface area contributed by atoms with Gasteiger partial charge < -0.3 is 14.6 Å². The van der Waals surface area contributed by atoms with Gasteiger partial charge in [0.05, 0.1) is 22.7 Å². The molecule has 0 radical (unpaired) electrons. The first-order valence-electron chi connectivity index (χ1n) is 7.63. The SMILES string of the molecule is CCOc1cc(/C=C(/C#N)c2ccc(Cl)cc2)cc(Br)c1OCC(=O)O. The lowest BCUT2D eigenvalue weighted by molar-refractivity contribution is -0.139. The first kappa shape index (κ1) is 19.8. The van der Waals surface area contributed by atoms with E-state index in [0.717, 1.165) is 5.56 Å². The van der Waals surface area contributed by atoms with Crippen LogP contribution in [0.1, 0.15) is 18.1 Å². The third-order valence-electron chi connectivity index (χ3n) is 3.26. The largest absolute Gasteiger partial charge is 0.490 e. The van der Waals surface area contributed by atoms with E-state index in [1.165, 1.54) is 0 Å². The van der Waals surface area contributed by atoms with Gasteiger partial charge in [0, 0.05) is 5.02 Å². The number of hydrogen-bond acceptors (Lipinski definition) is 4. The number of allylic oxidation sites excluding steroid dienone is 1. The Morgan fingerprint density at radius 3 is 2.58 bits per heavy atom. The van der Waals surface area contributed by atoms with Crippen molar-refractivity contribution in [2.24, 2.45) is 0 Å². The Balaban J connectivity index is 2.43. The van der Waals surface area contributed by atoms with E-state index in [2.05, 4.69) is 22.0 Å². The summed E-state index contributed by atoms with van der Waals surface area (Å²) in [6.07, 6.45) is 1.71. The summed E-state index contributed by atoms with van der Waals surface area (Å²) in [5.74, 6) is -0.392. The Morgan fingerprint density at radius 1 is 1.31 bits per heavy atom. The van der Waals surface area contributed by atoms with Gasteiger partial charge in [-0.05, 0) is 64.3 Å². The van der Waals surface area contributed by atoms with Gasteiger partial charge >= 0.3 is 5.97 Å². The summed E-state index contributed by atoms with van der Waals surface area (Å²) in [6, 6.07) is 12.5. The predicted octanol–water partition coefficient (Wildman–Crippen LogP) is 5.03. The van der Waals surface area contributed by atoms with Crippen molar-refractivity contribution >= 4 is 45.1 Å². The lowest BCUT2D eigenvalue weighted by atomic mass is 10.0. The summed E-state index contributed by atoms with van der Waals surface area (Å²) in [7, 11) is 0. The second-order valence-corrected chi connectivity index (χ2v) is 6.41. The summed E-state index contributed by atoms with van der Waals surface area (Å²) < 4.78 is 11.4. The zero-order valence-electron chi connectivity index (χ0n) is 13.8. The zero-order valence-corrected chi connectivity index (χ0v) is 16.2. The Labute approximate surface area is 164 Å². The van der Waals surface area contributed by atoms with Crippen molar-refractivity contribution in [2.75, 3.05) is 13.2 Å². The van der Waals surface area contributed by atoms with Crippen LogP contribution >= 0.6 is 27.5 Å². The smallest absolute Gasteiger partial charge is 0.341 e. The number of nitriles is 1. The highest BCUT2D eigenvalue weighted by Gasteiger charge is 2.14. The highest BCUT2D eigenvalue weighted by Crippen LogP contribution is 2.38. The van der Waals surface area contributed by atoms with Gasteiger partial charge in [-0.25, -0.2) is 4.79 Å². The number of carboxylic acids is 1. The van der Waals surface area contributed by atoms with Crippen LogP contribution in [-0.4, -0.2) is 24.3 Å². The minimum Gasteiger partial charge on any atom is -0.490 e. The third-order valence-corrected chi connectivity index (χ3v) is 4.10. The van der Waals surface area contributed by atoms with E-state index in [1.54, 1.807) is 42.5 Å². The van der Waals surface area contributed by atoms with Gasteiger partial charge in [-0.15, -0.1) is 0 Å². The molecule has 26 heavy (non-hydrogen) atoms. The molecule has 0 fully saturated rings. The molecule has 2 aromatic rings. The fraction of sp³-hybridized carbons (Fsp3) is 0.158. The van der Waals surface area contributed by atoms with Gasteiger partial charge in [0.2, 0.25) is 0 Å². The summed E-state index contributed by atoms with van der Waals surface area (Å²) >= 11 is 9.25. The fourth-order valence-corrected chi connectivity index (χ4v) is 2.88. The Kier molecular flexibility index (Phi) is 7.07. The fourth-order valence-electron chi connectivity index (χ4n) is 2.18. The van der Waals surface area contributed by atoms with E-state index in [1.807, 2.05) is 6.92 Å². The molecule has 0 heterocycles. The number of carbonyl (C=O) groups is 1. The first-order chi connectivity index (χ1) is 12.4. The van der Waals surface area contributed by atoms with Crippen LogP contribution < -0.4 is 9.47 Å². The summed E-state index contributed by atoms with van der Waals surface area (Å²) in [6.45, 7) is 1.71. The van der Waals surface area contributed by atoms with Crippen LogP contribution in [0.25, 0.3) is 11.6 Å². The quantitative estimate of drug-likeness (QED) is 0.486. The maximum absolute atomic E-state index is 10.7. The molecule has 0 aliphatic rings. The predicted molar refractivity (Wildman–Crippen MR) is 103 cm³/mol. The number of aliphatic carboxylic acids is 1. The highest BCUT2D eigenvalue weighted by atomic mass is 79.9. The number of ether oxygens (including phenoxy) is 2. The Hall–Kier alpha value is -2.49. The maximum atomic E-state index is 10.7. The number of hydrogen-bond donors (Lipinski definition) is 1. The van der Waals surface area contributed by atoms with Crippen LogP contribution in [-0.2, 0) is 4.79 Å². The minimum absolute atomic E-state index is 0.302. The molecular weight excluding hydrogens is 422 g/mol. The number of nitrogens with zero attached hydrogens (tertiary/aromatic N) is 1. The average molecular weight is 437 g/mol. The molecule has 5 nitrogen and oxygen atoms in total. The standard InChI is InChI=1S/C19H15BrClNO4/c1-2-25-17-9-12(8-16(20)19(17)26-11-18(23)24)7-14(10-22)13-3-5-15(21)6-4-13/h3-9H,2,11H2,1H3,(H,23,24)/b14-7-. The molecule has 0 bridgehead atoms. The van der Waals surface area contributed by atoms with Crippen molar-refractivity contribution in [3.63, 3.8) is 0 Å². The molecule has 0 amide bonds. The lowest BCUT2D eigenvalue weighted by Crippen LogP contribution is -2.10. The monoisotopic (exact) mass is 435 g/mol. The molecule has 7 heteroatoms. The van der Waals surface area contributed by atoms with E-state index in [9.17, 15) is 10.1 Å². The summed E-state index contributed by atoms with van der Waals surface area (Å²) in [5.41, 5.74) is 1.89. The Morgan fingerprint density at radius 2 is 2.00 bits per heavy atom. The highest BCUT2D eigenvalue weighted by molar-refractivity contribution is 9.10. The van der Waals surface area contributed by atoms with Crippen LogP contribution in [0, 0.1) is 11.3 Å². The van der Waals surface area contributed by atoms with Gasteiger partial charge in [0.15, 0.2) is 18.1 Å². The number of benzene rings is 2. The lowest BCUT2D eigenvalue weighted by Gasteiger charge is -2.13. The van der Waals surface area contributed by atoms with Crippen LogP contribution in [0.15, 0.2) is 40.9 Å². The van der Waals surface area contributed by atoms with Crippen molar-refractivity contribution < 1.29 is 19.4 Å². The normalized spacial score (nSPS) is 10.9. The molecule has 0 aliphatic carbocycles. The number of rotatable bonds is 7. The topological polar surface area (TPSA) is 79.5 Å². The van der Waals surface area contributed by atoms with Crippen LogP contribution in [0.3, 0.4) is 0 Å². The van der Waals surface area contributed by atoms with E-state index in [0.29, 0.717) is 38.7 Å². The second-order valence-electron chi connectivity index (χ2n) is 5.12. The third kappa shape index (κ3) is 5.25. The van der Waals surface area contributed by atoms with Crippen molar-refractivity contribution in [3.05, 3.63) is 57.0 Å². The zero-order chi connectivity index (χ0) is 19.1. The van der Waals surface area contributed by atoms with Gasteiger partial charge in [-0.2, -0.15) is 5.26 Å². The average Bonchev–Trinajstić information content (AvgIpc) is 2.60. The number of halogens is 2. The van der Waals surface area contributed by atoms with E-state index >= 15 is 0 Å². The Bertz CT molecular complexity index is 872. The molecule has 0 aromatic heterocycles. The summed E-state index contributed by atoms with van der Waals surface area (Å²) in [4.78, 5) is 10.7. The van der Waals surface area contributed by atoms with Crippen LogP contribution in [0.4, 0.5) is 0 Å². The molecule has 2 rings (SSSR count). The van der Waals surface area contributed by atoms with Gasteiger partial charge in [-0.3, -0.25) is 0 Å². The molecule has 134 valence electrons. The van der Waals surface area contributed by atoms with Crippen molar-refractivity contribution in [1.29, 1.82) is 5.26 Å². The second kappa shape index (κ2) is 9.27. The van der Waals surface area contributed by atoms with E-state index in [-0.39, 0.29) is 0 Å². The van der Waals surface area contributed by atoms with Crippen LogP contribution in [0.2, 0.25) is 5.02 Å². The molecule has 0 atom stereocenters. The van der Waals surface area contributed by atoms with E-state index < -0.39 is 12.6 Å².